The highest BCUT2D eigenvalue weighted by molar-refractivity contribution is 6.54. The highest BCUT2D eigenvalue weighted by atomic mass is 16.5. The Hall–Kier alpha value is -3.06. The number of nitrogens with zero attached hydrogens (tertiary/aromatic N) is 2. The van der Waals surface area contributed by atoms with E-state index in [0.717, 1.165) is 11.3 Å². The van der Waals surface area contributed by atoms with Gasteiger partial charge in [-0.05, 0) is 30.3 Å². The number of carbonyl (C=O) groups is 1. The number of carbonyl (C=O) groups excluding carboxylic acids is 1. The Morgan fingerprint density at radius 2 is 1.91 bits per heavy atom. The fraction of sp³-hybridized carbons (Fsp3) is 0.111. The number of para-hydroxylation sites is 1. The number of hydrogen-bond acceptors (Lipinski definition) is 3. The predicted octanol–water partition coefficient (Wildman–Crippen LogP) is 2.80. The molecule has 0 aromatic heterocycles. The van der Waals surface area contributed by atoms with Gasteiger partial charge in [0.05, 0.1) is 11.4 Å². The van der Waals surface area contributed by atoms with Crippen LogP contribution in [0.4, 0.5) is 11.4 Å². The summed E-state index contributed by atoms with van der Waals surface area (Å²) in [6, 6.07) is 14.8. The van der Waals surface area contributed by atoms with Crippen molar-refractivity contribution in [3.63, 3.8) is 0 Å². The van der Waals surface area contributed by atoms with Crippen LogP contribution in [0, 0.1) is 12.3 Å². The van der Waals surface area contributed by atoms with Gasteiger partial charge in [0.1, 0.15) is 18.1 Å². The van der Waals surface area contributed by atoms with Gasteiger partial charge in [0.2, 0.25) is 0 Å². The molecule has 0 atom stereocenters. The van der Waals surface area contributed by atoms with E-state index in [1.54, 1.807) is 36.2 Å². The zero-order valence-electron chi connectivity index (χ0n) is 12.1. The molecule has 2 aromatic carbocycles. The Morgan fingerprint density at radius 1 is 1.18 bits per heavy atom. The summed E-state index contributed by atoms with van der Waals surface area (Å²) in [6.07, 6.45) is 5.15. The Kier molecular flexibility index (Phi) is 3.63. The fourth-order valence-electron chi connectivity index (χ4n) is 2.33. The van der Waals surface area contributed by atoms with Crippen molar-refractivity contribution in [3.05, 3.63) is 54.1 Å². The summed E-state index contributed by atoms with van der Waals surface area (Å²) < 4.78 is 5.31. The minimum Gasteiger partial charge on any atom is -0.481 e. The lowest BCUT2D eigenvalue weighted by atomic mass is 10.1. The lowest BCUT2D eigenvalue weighted by Crippen LogP contribution is -2.25. The number of terminal acetylenes is 1. The van der Waals surface area contributed by atoms with Crippen LogP contribution in [-0.2, 0) is 4.79 Å². The van der Waals surface area contributed by atoms with Gasteiger partial charge in [-0.3, -0.25) is 4.79 Å². The Bertz CT molecular complexity index is 785. The van der Waals surface area contributed by atoms with Gasteiger partial charge in [-0.1, -0.05) is 24.1 Å². The van der Waals surface area contributed by atoms with E-state index < -0.39 is 0 Å². The predicted molar refractivity (Wildman–Crippen MR) is 86.8 cm³/mol. The Morgan fingerprint density at radius 3 is 2.64 bits per heavy atom. The molecule has 0 saturated heterocycles. The third-order valence-electron chi connectivity index (χ3n) is 3.43. The first-order chi connectivity index (χ1) is 10.7. The molecule has 108 valence electrons. The van der Waals surface area contributed by atoms with Crippen molar-refractivity contribution in [2.45, 2.75) is 0 Å². The SMILES string of the molecule is C#CCOc1ccc(/N=C2/C(=O)N(C)c3ccccc32)cc1. The van der Waals surface area contributed by atoms with Crippen molar-refractivity contribution in [2.75, 3.05) is 18.6 Å². The molecule has 1 aliphatic rings. The maximum atomic E-state index is 12.3. The van der Waals surface area contributed by atoms with Crippen LogP contribution in [0.2, 0.25) is 0 Å². The van der Waals surface area contributed by atoms with Gasteiger partial charge in [-0.15, -0.1) is 6.42 Å². The zero-order valence-corrected chi connectivity index (χ0v) is 12.1. The highest BCUT2D eigenvalue weighted by Crippen LogP contribution is 2.29. The van der Waals surface area contributed by atoms with Crippen LogP contribution in [0.15, 0.2) is 53.5 Å². The summed E-state index contributed by atoms with van der Waals surface area (Å²) in [5, 5.41) is 0. The zero-order chi connectivity index (χ0) is 15.5. The molecule has 1 heterocycles. The molecule has 0 unspecified atom stereocenters. The average Bonchev–Trinajstić information content (AvgIpc) is 2.80. The van der Waals surface area contributed by atoms with Crippen LogP contribution >= 0.6 is 0 Å². The van der Waals surface area contributed by atoms with Crippen LogP contribution in [-0.4, -0.2) is 25.3 Å². The number of rotatable bonds is 3. The van der Waals surface area contributed by atoms with Gasteiger partial charge in [-0.2, -0.15) is 0 Å². The van der Waals surface area contributed by atoms with Crippen molar-refractivity contribution in [2.24, 2.45) is 4.99 Å². The first-order valence-corrected chi connectivity index (χ1v) is 6.83. The minimum absolute atomic E-state index is 0.103. The van der Waals surface area contributed by atoms with Gasteiger partial charge < -0.3 is 9.64 Å². The third-order valence-corrected chi connectivity index (χ3v) is 3.43. The number of aliphatic imine (C=N–C) groups is 1. The van der Waals surface area contributed by atoms with Crippen LogP contribution in [0.3, 0.4) is 0 Å². The van der Waals surface area contributed by atoms with Crippen molar-refractivity contribution >= 4 is 23.0 Å². The molecular formula is C18H14N2O2. The van der Waals surface area contributed by atoms with Crippen molar-refractivity contribution < 1.29 is 9.53 Å². The molecule has 1 amide bonds. The molecule has 1 aliphatic heterocycles. The number of likely N-dealkylation sites (N-methyl/N-ethyl adjacent to an activating group) is 1. The summed E-state index contributed by atoms with van der Waals surface area (Å²) in [4.78, 5) is 18.4. The normalized spacial score (nSPS) is 14.8. The van der Waals surface area contributed by atoms with Gasteiger partial charge in [0, 0.05) is 12.6 Å². The number of benzene rings is 2. The second kappa shape index (κ2) is 5.74. The first kappa shape index (κ1) is 13.9. The average molecular weight is 290 g/mol. The second-order valence-corrected chi connectivity index (χ2v) is 4.83. The van der Waals surface area contributed by atoms with E-state index in [-0.39, 0.29) is 12.5 Å². The summed E-state index contributed by atoms with van der Waals surface area (Å²) in [5.41, 5.74) is 2.87. The second-order valence-electron chi connectivity index (χ2n) is 4.83. The summed E-state index contributed by atoms with van der Waals surface area (Å²) in [7, 11) is 1.75. The molecule has 3 rings (SSSR count). The Balaban J connectivity index is 1.92. The molecule has 4 heteroatoms. The van der Waals surface area contributed by atoms with Gasteiger partial charge in [-0.25, -0.2) is 4.99 Å². The molecule has 0 bridgehead atoms. The van der Waals surface area contributed by atoms with Gasteiger partial charge in [0.15, 0.2) is 0 Å². The topological polar surface area (TPSA) is 41.9 Å². The summed E-state index contributed by atoms with van der Waals surface area (Å²) in [5.74, 6) is 2.99. The van der Waals surface area contributed by atoms with E-state index >= 15 is 0 Å². The highest BCUT2D eigenvalue weighted by Gasteiger charge is 2.30. The first-order valence-electron chi connectivity index (χ1n) is 6.83. The number of fused-ring (bicyclic) bond motifs is 1. The van der Waals surface area contributed by atoms with E-state index in [4.69, 9.17) is 11.2 Å². The number of anilines is 1. The van der Waals surface area contributed by atoms with Crippen molar-refractivity contribution in [1.29, 1.82) is 0 Å². The van der Waals surface area contributed by atoms with Crippen LogP contribution in [0.1, 0.15) is 5.56 Å². The molecule has 0 radical (unpaired) electrons. The maximum absolute atomic E-state index is 12.3. The number of hydrogen-bond donors (Lipinski definition) is 0. The molecule has 0 spiro atoms. The maximum Gasteiger partial charge on any atom is 0.277 e. The largest absolute Gasteiger partial charge is 0.481 e. The van der Waals surface area contributed by atoms with Gasteiger partial charge >= 0.3 is 0 Å². The minimum atomic E-state index is -0.103. The lowest BCUT2D eigenvalue weighted by molar-refractivity contribution is -0.111. The van der Waals surface area contributed by atoms with E-state index in [0.29, 0.717) is 17.1 Å². The van der Waals surface area contributed by atoms with Crippen LogP contribution in [0.5, 0.6) is 5.75 Å². The van der Waals surface area contributed by atoms with E-state index in [1.807, 2.05) is 24.3 Å². The number of ether oxygens (including phenoxy) is 1. The Labute approximate surface area is 129 Å². The van der Waals surface area contributed by atoms with Crippen LogP contribution in [0.25, 0.3) is 0 Å². The van der Waals surface area contributed by atoms with Crippen molar-refractivity contribution in [3.8, 4) is 18.1 Å². The van der Waals surface area contributed by atoms with E-state index in [1.165, 1.54) is 0 Å². The molecule has 0 N–H and O–H groups in total. The lowest BCUT2D eigenvalue weighted by Gasteiger charge is -2.07. The van der Waals surface area contributed by atoms with E-state index in [2.05, 4.69) is 10.9 Å². The monoisotopic (exact) mass is 290 g/mol. The number of amides is 1. The quantitative estimate of drug-likeness (QED) is 0.816. The van der Waals surface area contributed by atoms with E-state index in [9.17, 15) is 4.79 Å². The molecule has 4 nitrogen and oxygen atoms in total. The molecule has 22 heavy (non-hydrogen) atoms. The standard InChI is InChI=1S/C18H14N2O2/c1-3-12-22-14-10-8-13(9-11-14)19-17-15-6-4-5-7-16(15)20(2)18(17)21/h1,4-11H,12H2,2H3/b19-17+. The third kappa shape index (κ3) is 2.45. The molecular weight excluding hydrogens is 276 g/mol. The molecule has 0 fully saturated rings. The molecule has 2 aromatic rings. The molecule has 0 saturated carbocycles. The van der Waals surface area contributed by atoms with Gasteiger partial charge in [0.25, 0.3) is 5.91 Å². The van der Waals surface area contributed by atoms with Crippen molar-refractivity contribution in [1.82, 2.24) is 0 Å². The fourth-order valence-corrected chi connectivity index (χ4v) is 2.33. The smallest absolute Gasteiger partial charge is 0.277 e. The summed E-state index contributed by atoms with van der Waals surface area (Å²) >= 11 is 0. The molecule has 0 aliphatic carbocycles. The summed E-state index contributed by atoms with van der Waals surface area (Å²) in [6.45, 7) is 0.227. The van der Waals surface area contributed by atoms with Crippen LogP contribution < -0.4 is 9.64 Å².